The van der Waals surface area contributed by atoms with Crippen molar-refractivity contribution in [2.45, 2.75) is 51.7 Å². The first-order valence-electron chi connectivity index (χ1n) is 8.34. The minimum absolute atomic E-state index is 0.00794. The zero-order chi connectivity index (χ0) is 17.3. The molecule has 0 spiro atoms. The van der Waals surface area contributed by atoms with Crippen molar-refractivity contribution >= 4 is 23.5 Å². The number of rotatable bonds is 2. The number of hydrogen-bond acceptors (Lipinski definition) is 5. The van der Waals surface area contributed by atoms with Gasteiger partial charge in [-0.15, -0.1) is 0 Å². The van der Waals surface area contributed by atoms with Gasteiger partial charge >= 0.3 is 6.09 Å². The van der Waals surface area contributed by atoms with Crippen molar-refractivity contribution in [3.8, 4) is 0 Å². The van der Waals surface area contributed by atoms with Gasteiger partial charge in [0.05, 0.1) is 6.42 Å². The van der Waals surface area contributed by atoms with Crippen LogP contribution < -0.4 is 15.5 Å². The van der Waals surface area contributed by atoms with E-state index in [-0.39, 0.29) is 18.0 Å². The van der Waals surface area contributed by atoms with E-state index in [1.807, 2.05) is 26.8 Å². The van der Waals surface area contributed by atoms with Crippen LogP contribution in [0.5, 0.6) is 0 Å². The zero-order valence-electron chi connectivity index (χ0n) is 14.4. The lowest BCUT2D eigenvalue weighted by molar-refractivity contribution is -0.115. The highest BCUT2D eigenvalue weighted by atomic mass is 16.6. The second-order valence-corrected chi connectivity index (χ2v) is 7.29. The van der Waals surface area contributed by atoms with Gasteiger partial charge in [-0.3, -0.25) is 4.79 Å². The number of hydrogen-bond donors (Lipinski definition) is 2. The van der Waals surface area contributed by atoms with E-state index >= 15 is 0 Å². The molecule has 2 aliphatic rings. The van der Waals surface area contributed by atoms with Gasteiger partial charge in [-0.05, 0) is 39.7 Å². The largest absolute Gasteiger partial charge is 0.444 e. The summed E-state index contributed by atoms with van der Waals surface area (Å²) in [5, 5.41) is 5.72. The predicted octanol–water partition coefficient (Wildman–Crippen LogP) is 2.07. The highest BCUT2D eigenvalue weighted by Gasteiger charge is 2.28. The van der Waals surface area contributed by atoms with Gasteiger partial charge in [-0.25, -0.2) is 9.78 Å². The summed E-state index contributed by atoms with van der Waals surface area (Å²) in [5.41, 5.74) is 1.55. The number of amides is 2. The number of nitrogens with zero attached hydrogens (tertiary/aromatic N) is 2. The third-order valence-corrected chi connectivity index (χ3v) is 4.18. The van der Waals surface area contributed by atoms with Crippen LogP contribution >= 0.6 is 0 Å². The lowest BCUT2D eigenvalue weighted by atomic mass is 10.0. The Morgan fingerprint density at radius 2 is 2.08 bits per heavy atom. The van der Waals surface area contributed by atoms with Gasteiger partial charge in [0.2, 0.25) is 5.91 Å². The lowest BCUT2D eigenvalue weighted by Crippen LogP contribution is -2.46. The zero-order valence-corrected chi connectivity index (χ0v) is 14.4. The molecule has 0 atom stereocenters. The van der Waals surface area contributed by atoms with Crippen LogP contribution in [-0.4, -0.2) is 41.7 Å². The van der Waals surface area contributed by atoms with E-state index in [0.29, 0.717) is 12.2 Å². The number of ether oxygens (including phenoxy) is 1. The highest BCUT2D eigenvalue weighted by molar-refractivity contribution is 6.00. The molecule has 24 heavy (non-hydrogen) atoms. The third kappa shape index (κ3) is 3.77. The molecule has 0 aliphatic carbocycles. The molecule has 0 saturated carbocycles. The SMILES string of the molecule is CC(C)(C)OC(=O)NC1CCN(c2ccnc3c2CC(=O)N3)CC1. The first-order valence-corrected chi connectivity index (χ1v) is 8.34. The predicted molar refractivity (Wildman–Crippen MR) is 91.2 cm³/mol. The molecular weight excluding hydrogens is 308 g/mol. The van der Waals surface area contributed by atoms with Crippen molar-refractivity contribution in [2.75, 3.05) is 23.3 Å². The molecule has 2 N–H and O–H groups in total. The van der Waals surface area contributed by atoms with Crippen LogP contribution in [0.1, 0.15) is 39.2 Å². The Morgan fingerprint density at radius 1 is 1.38 bits per heavy atom. The molecule has 0 aromatic carbocycles. The van der Waals surface area contributed by atoms with Gasteiger partial charge in [0.15, 0.2) is 0 Å². The van der Waals surface area contributed by atoms with Gasteiger partial charge in [-0.2, -0.15) is 0 Å². The van der Waals surface area contributed by atoms with E-state index < -0.39 is 5.60 Å². The molecule has 0 radical (unpaired) electrons. The number of fused-ring (bicyclic) bond motifs is 1. The van der Waals surface area contributed by atoms with Crippen LogP contribution in [0.15, 0.2) is 12.3 Å². The normalized spacial score (nSPS) is 18.1. The Hall–Kier alpha value is -2.31. The summed E-state index contributed by atoms with van der Waals surface area (Å²) in [6.45, 7) is 7.22. The van der Waals surface area contributed by atoms with Gasteiger partial charge in [0, 0.05) is 36.6 Å². The number of pyridine rings is 1. The van der Waals surface area contributed by atoms with Gasteiger partial charge in [0.25, 0.3) is 0 Å². The van der Waals surface area contributed by atoms with E-state index in [4.69, 9.17) is 4.74 Å². The maximum Gasteiger partial charge on any atom is 0.407 e. The van der Waals surface area contributed by atoms with Crippen LogP contribution in [0.3, 0.4) is 0 Å². The molecule has 3 rings (SSSR count). The summed E-state index contributed by atoms with van der Waals surface area (Å²) < 4.78 is 5.31. The third-order valence-electron chi connectivity index (χ3n) is 4.18. The van der Waals surface area contributed by atoms with Gasteiger partial charge in [0.1, 0.15) is 11.4 Å². The molecule has 1 aromatic rings. The van der Waals surface area contributed by atoms with Gasteiger partial charge in [-0.1, -0.05) is 0 Å². The Labute approximate surface area is 141 Å². The highest BCUT2D eigenvalue weighted by Crippen LogP contribution is 2.32. The molecule has 0 bridgehead atoms. The summed E-state index contributed by atoms with van der Waals surface area (Å²) in [4.78, 5) is 29.9. The van der Waals surface area contributed by atoms with Crippen LogP contribution in [0.25, 0.3) is 0 Å². The molecule has 2 amide bonds. The topological polar surface area (TPSA) is 83.6 Å². The first-order chi connectivity index (χ1) is 11.3. The van der Waals surface area contributed by atoms with Crippen molar-refractivity contribution in [3.63, 3.8) is 0 Å². The summed E-state index contributed by atoms with van der Waals surface area (Å²) >= 11 is 0. The van der Waals surface area contributed by atoms with E-state index in [1.165, 1.54) is 0 Å². The average molecular weight is 332 g/mol. The fourth-order valence-electron chi connectivity index (χ4n) is 3.14. The van der Waals surface area contributed by atoms with E-state index in [0.717, 1.165) is 37.2 Å². The minimum Gasteiger partial charge on any atom is -0.444 e. The lowest BCUT2D eigenvalue weighted by Gasteiger charge is -2.35. The summed E-state index contributed by atoms with van der Waals surface area (Å²) in [6, 6.07) is 2.08. The maximum atomic E-state index is 11.9. The maximum absolute atomic E-state index is 11.9. The fourth-order valence-corrected chi connectivity index (χ4v) is 3.14. The number of alkyl carbamates (subject to hydrolysis) is 1. The van der Waals surface area contributed by atoms with E-state index in [1.54, 1.807) is 6.20 Å². The second-order valence-electron chi connectivity index (χ2n) is 7.29. The van der Waals surface area contributed by atoms with Crippen molar-refractivity contribution in [1.29, 1.82) is 0 Å². The smallest absolute Gasteiger partial charge is 0.407 e. The summed E-state index contributed by atoms with van der Waals surface area (Å²) in [5.74, 6) is 0.665. The van der Waals surface area contributed by atoms with E-state index in [9.17, 15) is 9.59 Å². The van der Waals surface area contributed by atoms with Crippen LogP contribution in [0.4, 0.5) is 16.3 Å². The van der Waals surface area contributed by atoms with Crippen molar-refractivity contribution in [3.05, 3.63) is 17.8 Å². The average Bonchev–Trinajstić information content (AvgIpc) is 2.86. The monoisotopic (exact) mass is 332 g/mol. The van der Waals surface area contributed by atoms with Crippen molar-refractivity contribution in [2.24, 2.45) is 0 Å². The molecule has 130 valence electrons. The number of carbonyl (C=O) groups is 2. The molecule has 7 nitrogen and oxygen atoms in total. The second kappa shape index (κ2) is 6.30. The number of nitrogens with one attached hydrogen (secondary N) is 2. The molecule has 0 unspecified atom stereocenters. The molecule has 1 saturated heterocycles. The summed E-state index contributed by atoms with van der Waals surface area (Å²) in [6.07, 6.45) is 3.44. The summed E-state index contributed by atoms with van der Waals surface area (Å²) in [7, 11) is 0. The molecule has 2 aliphatic heterocycles. The number of aromatic nitrogens is 1. The molecule has 1 aromatic heterocycles. The standard InChI is InChI=1S/C17H24N4O3/c1-17(2,3)24-16(23)19-11-5-8-21(9-6-11)13-4-7-18-15-12(13)10-14(22)20-15/h4,7,11H,5-6,8-10H2,1-3H3,(H,19,23)(H,18,20,22). The fraction of sp³-hybridized carbons (Fsp3) is 0.588. The van der Waals surface area contributed by atoms with Crippen molar-refractivity contribution in [1.82, 2.24) is 10.3 Å². The molecule has 1 fully saturated rings. The Balaban J connectivity index is 1.58. The van der Waals surface area contributed by atoms with Gasteiger partial charge < -0.3 is 20.3 Å². The number of carbonyl (C=O) groups excluding carboxylic acids is 2. The van der Waals surface area contributed by atoms with Crippen LogP contribution in [0, 0.1) is 0 Å². The quantitative estimate of drug-likeness (QED) is 0.866. The first kappa shape index (κ1) is 16.5. The minimum atomic E-state index is -0.484. The molecular formula is C17H24N4O3. The van der Waals surface area contributed by atoms with Crippen LogP contribution in [0.2, 0.25) is 0 Å². The van der Waals surface area contributed by atoms with Crippen LogP contribution in [-0.2, 0) is 16.0 Å². The van der Waals surface area contributed by atoms with Crippen molar-refractivity contribution < 1.29 is 14.3 Å². The Bertz CT molecular complexity index is 646. The molecule has 3 heterocycles. The Morgan fingerprint density at radius 3 is 2.75 bits per heavy atom. The number of piperidine rings is 1. The number of anilines is 2. The Kier molecular flexibility index (Phi) is 4.34. The molecule has 7 heteroatoms. The van der Waals surface area contributed by atoms with E-state index in [2.05, 4.69) is 20.5 Å².